The number of unbranched alkanes of at least 4 members (excludes halogenated alkanes) is 1. The third-order valence-corrected chi connectivity index (χ3v) is 4.50. The molecule has 1 aliphatic heterocycles. The van der Waals surface area contributed by atoms with E-state index in [1.165, 1.54) is 0 Å². The topological polar surface area (TPSA) is 35.6 Å². The van der Waals surface area contributed by atoms with Crippen LogP contribution in [0.15, 0.2) is 24.3 Å². The molecule has 1 saturated heterocycles. The average Bonchev–Trinajstić information content (AvgIpc) is 2.55. The highest BCUT2D eigenvalue weighted by molar-refractivity contribution is 7.80. The van der Waals surface area contributed by atoms with Crippen LogP contribution < -0.4 is 5.32 Å². The highest BCUT2D eigenvalue weighted by Gasteiger charge is 2.24. The third kappa shape index (κ3) is 4.34. The monoisotopic (exact) mass is 339 g/mol. The first-order valence-corrected chi connectivity index (χ1v) is 8.48. The summed E-state index contributed by atoms with van der Waals surface area (Å²) < 4.78 is 0. The molecular weight excluding hydrogens is 318 g/mol. The Labute approximate surface area is 142 Å². The van der Waals surface area contributed by atoms with Gasteiger partial charge in [-0.05, 0) is 30.8 Å². The summed E-state index contributed by atoms with van der Waals surface area (Å²) in [7, 11) is 0. The molecule has 0 aliphatic carbocycles. The largest absolute Gasteiger partial charge is 0.363 e. The predicted octanol–water partition coefficient (Wildman–Crippen LogP) is 2.77. The van der Waals surface area contributed by atoms with Crippen LogP contribution in [0.3, 0.4) is 0 Å². The van der Waals surface area contributed by atoms with Gasteiger partial charge in [0.2, 0.25) is 0 Å². The standard InChI is InChI=1S/C16H22ClN3OS/c1-2-3-8-18-16(22)20-11-9-19(10-12-20)15(21)13-6-4-5-7-14(13)17/h4-7H,2-3,8-12H2,1H3,(H,18,22). The maximum atomic E-state index is 12.5. The Hall–Kier alpha value is -1.33. The molecule has 1 aromatic rings. The van der Waals surface area contributed by atoms with Gasteiger partial charge in [0.15, 0.2) is 5.11 Å². The Balaban J connectivity index is 1.85. The molecule has 2 rings (SSSR count). The van der Waals surface area contributed by atoms with Crippen LogP contribution in [0.2, 0.25) is 5.02 Å². The van der Waals surface area contributed by atoms with E-state index in [9.17, 15) is 4.79 Å². The number of thiocarbonyl (C=S) groups is 1. The summed E-state index contributed by atoms with van der Waals surface area (Å²) in [5.74, 6) is -0.00453. The van der Waals surface area contributed by atoms with Crippen molar-refractivity contribution >= 4 is 34.8 Å². The van der Waals surface area contributed by atoms with Gasteiger partial charge in [-0.15, -0.1) is 0 Å². The quantitative estimate of drug-likeness (QED) is 0.676. The second kappa shape index (κ2) is 8.34. The molecule has 0 radical (unpaired) electrons. The molecule has 120 valence electrons. The van der Waals surface area contributed by atoms with E-state index in [0.717, 1.165) is 37.6 Å². The predicted molar refractivity (Wildman–Crippen MR) is 94.4 cm³/mol. The van der Waals surface area contributed by atoms with Crippen molar-refractivity contribution in [3.63, 3.8) is 0 Å². The van der Waals surface area contributed by atoms with Gasteiger partial charge in [0.25, 0.3) is 5.91 Å². The maximum Gasteiger partial charge on any atom is 0.255 e. The fourth-order valence-corrected chi connectivity index (χ4v) is 2.90. The zero-order chi connectivity index (χ0) is 15.9. The van der Waals surface area contributed by atoms with Gasteiger partial charge >= 0.3 is 0 Å². The van der Waals surface area contributed by atoms with E-state index in [1.54, 1.807) is 12.1 Å². The van der Waals surface area contributed by atoms with Crippen molar-refractivity contribution in [2.45, 2.75) is 19.8 Å². The molecule has 1 fully saturated rings. The number of piperazine rings is 1. The van der Waals surface area contributed by atoms with Gasteiger partial charge in [-0.25, -0.2) is 0 Å². The van der Waals surface area contributed by atoms with E-state index >= 15 is 0 Å². The average molecular weight is 340 g/mol. The van der Waals surface area contributed by atoms with Gasteiger partial charge in [0.05, 0.1) is 10.6 Å². The SMILES string of the molecule is CCCCNC(=S)N1CCN(C(=O)c2ccccc2Cl)CC1. The lowest BCUT2D eigenvalue weighted by molar-refractivity contribution is 0.0691. The molecular formula is C16H22ClN3OS. The third-order valence-electron chi connectivity index (χ3n) is 3.76. The van der Waals surface area contributed by atoms with Crippen LogP contribution in [0.4, 0.5) is 0 Å². The molecule has 22 heavy (non-hydrogen) atoms. The molecule has 1 amide bonds. The van der Waals surface area contributed by atoms with E-state index in [0.29, 0.717) is 23.7 Å². The molecule has 6 heteroatoms. The van der Waals surface area contributed by atoms with Crippen molar-refractivity contribution in [3.05, 3.63) is 34.9 Å². The fraction of sp³-hybridized carbons (Fsp3) is 0.500. The molecule has 0 spiro atoms. The number of carbonyl (C=O) groups excluding carboxylic acids is 1. The number of hydrogen-bond donors (Lipinski definition) is 1. The molecule has 0 atom stereocenters. The normalized spacial score (nSPS) is 14.8. The molecule has 0 saturated carbocycles. The van der Waals surface area contributed by atoms with Crippen LogP contribution in [0.1, 0.15) is 30.1 Å². The summed E-state index contributed by atoms with van der Waals surface area (Å²) in [5.41, 5.74) is 0.571. The van der Waals surface area contributed by atoms with E-state index in [2.05, 4.69) is 17.1 Å². The molecule has 1 aromatic carbocycles. The van der Waals surface area contributed by atoms with Crippen molar-refractivity contribution in [1.29, 1.82) is 0 Å². The van der Waals surface area contributed by atoms with Crippen molar-refractivity contribution < 1.29 is 4.79 Å². The lowest BCUT2D eigenvalue weighted by Crippen LogP contribution is -2.53. The molecule has 0 bridgehead atoms. The van der Waals surface area contributed by atoms with Crippen molar-refractivity contribution in [2.24, 2.45) is 0 Å². The maximum absolute atomic E-state index is 12.5. The minimum absolute atomic E-state index is 0.00453. The first kappa shape index (κ1) is 17.0. The molecule has 1 N–H and O–H groups in total. The number of rotatable bonds is 4. The number of benzene rings is 1. The number of halogens is 1. The molecule has 1 heterocycles. The number of amides is 1. The number of nitrogens with zero attached hydrogens (tertiary/aromatic N) is 2. The summed E-state index contributed by atoms with van der Waals surface area (Å²) in [5, 5.41) is 4.57. The number of carbonyl (C=O) groups is 1. The molecule has 1 aliphatic rings. The highest BCUT2D eigenvalue weighted by atomic mass is 35.5. The minimum Gasteiger partial charge on any atom is -0.363 e. The Morgan fingerprint density at radius 2 is 1.86 bits per heavy atom. The van der Waals surface area contributed by atoms with Crippen LogP contribution in [-0.4, -0.2) is 53.5 Å². The van der Waals surface area contributed by atoms with Crippen molar-refractivity contribution in [1.82, 2.24) is 15.1 Å². The molecule has 0 unspecified atom stereocenters. The van der Waals surface area contributed by atoms with Gasteiger partial charge in [-0.2, -0.15) is 0 Å². The Kier molecular flexibility index (Phi) is 6.46. The van der Waals surface area contributed by atoms with E-state index < -0.39 is 0 Å². The smallest absolute Gasteiger partial charge is 0.255 e. The van der Waals surface area contributed by atoms with Crippen LogP contribution in [0, 0.1) is 0 Å². The van der Waals surface area contributed by atoms with Gasteiger partial charge in [-0.1, -0.05) is 37.1 Å². The van der Waals surface area contributed by atoms with E-state index in [4.69, 9.17) is 23.8 Å². The van der Waals surface area contributed by atoms with E-state index in [-0.39, 0.29) is 5.91 Å². The molecule has 4 nitrogen and oxygen atoms in total. The van der Waals surface area contributed by atoms with Gasteiger partial charge in [0, 0.05) is 32.7 Å². The van der Waals surface area contributed by atoms with Crippen LogP contribution >= 0.6 is 23.8 Å². The zero-order valence-corrected chi connectivity index (χ0v) is 14.4. The van der Waals surface area contributed by atoms with Gasteiger partial charge in [0.1, 0.15) is 0 Å². The fourth-order valence-electron chi connectivity index (χ4n) is 2.40. The summed E-state index contributed by atoms with van der Waals surface area (Å²) in [6.07, 6.45) is 2.26. The highest BCUT2D eigenvalue weighted by Crippen LogP contribution is 2.18. The van der Waals surface area contributed by atoms with Crippen molar-refractivity contribution in [2.75, 3.05) is 32.7 Å². The second-order valence-corrected chi connectivity index (χ2v) is 6.14. The molecule has 0 aromatic heterocycles. The lowest BCUT2D eigenvalue weighted by Gasteiger charge is -2.36. The Bertz CT molecular complexity index is 530. The van der Waals surface area contributed by atoms with Gasteiger partial charge in [-0.3, -0.25) is 4.79 Å². The first-order chi connectivity index (χ1) is 10.6. The van der Waals surface area contributed by atoms with Crippen LogP contribution in [0.5, 0.6) is 0 Å². The summed E-state index contributed by atoms with van der Waals surface area (Å²) >= 11 is 11.5. The van der Waals surface area contributed by atoms with Crippen LogP contribution in [0.25, 0.3) is 0 Å². The van der Waals surface area contributed by atoms with Crippen LogP contribution in [-0.2, 0) is 0 Å². The Morgan fingerprint density at radius 1 is 1.23 bits per heavy atom. The number of nitrogens with one attached hydrogen (secondary N) is 1. The van der Waals surface area contributed by atoms with Crippen molar-refractivity contribution in [3.8, 4) is 0 Å². The number of hydrogen-bond acceptors (Lipinski definition) is 2. The summed E-state index contributed by atoms with van der Waals surface area (Å²) in [6.45, 7) is 5.92. The lowest BCUT2D eigenvalue weighted by atomic mass is 10.2. The van der Waals surface area contributed by atoms with E-state index in [1.807, 2.05) is 17.0 Å². The Morgan fingerprint density at radius 3 is 2.50 bits per heavy atom. The summed E-state index contributed by atoms with van der Waals surface area (Å²) in [6, 6.07) is 7.19. The second-order valence-electron chi connectivity index (χ2n) is 5.34. The summed E-state index contributed by atoms with van der Waals surface area (Å²) in [4.78, 5) is 16.4. The van der Waals surface area contributed by atoms with Gasteiger partial charge < -0.3 is 15.1 Å². The first-order valence-electron chi connectivity index (χ1n) is 7.70. The minimum atomic E-state index is -0.00453. The zero-order valence-electron chi connectivity index (χ0n) is 12.8.